The molecule has 0 heterocycles. The van der Waals surface area contributed by atoms with Crippen molar-refractivity contribution in [3.05, 3.63) is 46.5 Å². The molecule has 1 aromatic carbocycles. The molecule has 0 spiro atoms. The lowest BCUT2D eigenvalue weighted by atomic mass is 10.1. The molecule has 2 rings (SSSR count). The van der Waals surface area contributed by atoms with Gasteiger partial charge in [0.2, 0.25) is 0 Å². The van der Waals surface area contributed by atoms with E-state index in [-0.39, 0.29) is 17.1 Å². The largest absolute Gasteiger partial charge is 0.288 e. The van der Waals surface area contributed by atoms with Gasteiger partial charge in [-0.2, -0.15) is 0 Å². The van der Waals surface area contributed by atoms with E-state index >= 15 is 0 Å². The Balaban J connectivity index is 2.74. The third-order valence-corrected chi connectivity index (χ3v) is 2.25. The monoisotopic (exact) mass is 192 g/mol. The Labute approximate surface area is 79.8 Å². The Bertz CT molecular complexity index is 446. The van der Waals surface area contributed by atoms with Gasteiger partial charge in [-0.15, -0.1) is 0 Å². The fourth-order valence-electron chi connectivity index (χ4n) is 1.33. The predicted octanol–water partition coefficient (Wildman–Crippen LogP) is 2.28. The van der Waals surface area contributed by atoms with E-state index in [0.29, 0.717) is 16.1 Å². The third kappa shape index (κ3) is 1.03. The molecule has 0 amide bonds. The summed E-state index contributed by atoms with van der Waals surface area (Å²) in [6.07, 6.45) is 0. The summed E-state index contributed by atoms with van der Waals surface area (Å²) in [7, 11) is 0. The number of fused-ring (bicyclic) bond motifs is 1. The van der Waals surface area contributed by atoms with Gasteiger partial charge in [0.05, 0.1) is 5.57 Å². The van der Waals surface area contributed by atoms with E-state index in [1.807, 2.05) is 0 Å². The summed E-state index contributed by atoms with van der Waals surface area (Å²) in [5.41, 5.74) is 0.791. The van der Waals surface area contributed by atoms with Crippen LogP contribution >= 0.6 is 11.6 Å². The average Bonchev–Trinajstić information content (AvgIpc) is 2.32. The van der Waals surface area contributed by atoms with Gasteiger partial charge in [0.15, 0.2) is 11.6 Å². The molecule has 0 bridgehead atoms. The third-order valence-electron chi connectivity index (χ3n) is 2.02. The van der Waals surface area contributed by atoms with E-state index in [1.165, 1.54) is 6.07 Å². The molecule has 64 valence electrons. The van der Waals surface area contributed by atoms with Crippen molar-refractivity contribution in [3.63, 3.8) is 0 Å². The zero-order valence-corrected chi connectivity index (χ0v) is 7.39. The van der Waals surface area contributed by atoms with E-state index in [4.69, 9.17) is 11.6 Å². The lowest BCUT2D eigenvalue weighted by Crippen LogP contribution is -1.97. The Hall–Kier alpha value is -1.41. The van der Waals surface area contributed by atoms with Crippen LogP contribution in [0.2, 0.25) is 5.02 Å². The molecule has 0 aromatic heterocycles. The first-order chi connectivity index (χ1) is 6.11. The van der Waals surface area contributed by atoms with Crippen molar-refractivity contribution in [1.29, 1.82) is 0 Å². The van der Waals surface area contributed by atoms with Crippen LogP contribution in [0.3, 0.4) is 0 Å². The van der Waals surface area contributed by atoms with Crippen molar-refractivity contribution in [3.8, 4) is 0 Å². The van der Waals surface area contributed by atoms with Crippen molar-refractivity contribution in [2.45, 2.75) is 0 Å². The van der Waals surface area contributed by atoms with E-state index in [1.54, 1.807) is 12.1 Å². The second kappa shape index (κ2) is 2.54. The summed E-state index contributed by atoms with van der Waals surface area (Å²) in [6, 6.07) is 4.63. The van der Waals surface area contributed by atoms with Gasteiger partial charge in [0.1, 0.15) is 0 Å². The number of allylic oxidation sites excluding steroid dienone is 1. The lowest BCUT2D eigenvalue weighted by molar-refractivity contribution is 0.0989. The van der Waals surface area contributed by atoms with Gasteiger partial charge in [0.25, 0.3) is 0 Å². The molecule has 3 heteroatoms. The van der Waals surface area contributed by atoms with Crippen molar-refractivity contribution in [2.24, 2.45) is 0 Å². The molecule has 1 aliphatic rings. The van der Waals surface area contributed by atoms with Crippen LogP contribution in [0.4, 0.5) is 0 Å². The highest BCUT2D eigenvalue weighted by Gasteiger charge is 2.31. The zero-order valence-electron chi connectivity index (χ0n) is 6.63. The van der Waals surface area contributed by atoms with Gasteiger partial charge < -0.3 is 0 Å². The van der Waals surface area contributed by atoms with E-state index < -0.39 is 0 Å². The summed E-state index contributed by atoms with van der Waals surface area (Å²) >= 11 is 5.69. The second-order valence-corrected chi connectivity index (χ2v) is 3.26. The van der Waals surface area contributed by atoms with Gasteiger partial charge in [-0.25, -0.2) is 0 Å². The van der Waals surface area contributed by atoms with Crippen LogP contribution in [0, 0.1) is 0 Å². The Kier molecular flexibility index (Phi) is 1.60. The number of Topliss-reactive ketones (excluding diaryl/α,β-unsaturated/α-hetero) is 2. The molecule has 0 N–H and O–H groups in total. The van der Waals surface area contributed by atoms with Gasteiger partial charge in [-0.1, -0.05) is 18.2 Å². The Morgan fingerprint density at radius 1 is 1.08 bits per heavy atom. The molecule has 1 aliphatic carbocycles. The molecule has 0 saturated carbocycles. The molecule has 0 fully saturated rings. The molecule has 0 atom stereocenters. The molecule has 0 saturated heterocycles. The van der Waals surface area contributed by atoms with Crippen molar-refractivity contribution < 1.29 is 9.59 Å². The Morgan fingerprint density at radius 2 is 1.69 bits per heavy atom. The molecular weight excluding hydrogens is 188 g/mol. The number of ketones is 2. The minimum absolute atomic E-state index is 0.0252. The molecule has 0 unspecified atom stereocenters. The standard InChI is InChI=1S/C10H5ClO2/c1-5-9(12)7-3-2-6(11)4-8(7)10(5)13/h2-4H,1H2. The summed E-state index contributed by atoms with van der Waals surface area (Å²) < 4.78 is 0. The zero-order chi connectivity index (χ0) is 9.59. The highest BCUT2D eigenvalue weighted by molar-refractivity contribution is 6.40. The number of halogens is 1. The van der Waals surface area contributed by atoms with Crippen LogP contribution in [-0.4, -0.2) is 11.6 Å². The molecule has 13 heavy (non-hydrogen) atoms. The molecular formula is C10H5ClO2. The van der Waals surface area contributed by atoms with E-state index in [9.17, 15) is 9.59 Å². The fraction of sp³-hybridized carbons (Fsp3) is 0. The smallest absolute Gasteiger partial charge is 0.197 e. The number of hydrogen-bond acceptors (Lipinski definition) is 2. The highest BCUT2D eigenvalue weighted by Crippen LogP contribution is 2.27. The van der Waals surface area contributed by atoms with Crippen LogP contribution in [0.25, 0.3) is 0 Å². The highest BCUT2D eigenvalue weighted by atomic mass is 35.5. The lowest BCUT2D eigenvalue weighted by Gasteiger charge is -1.94. The molecule has 1 aromatic rings. The quantitative estimate of drug-likeness (QED) is 0.467. The maximum absolute atomic E-state index is 11.4. The normalized spacial score (nSPS) is 15.0. The van der Waals surface area contributed by atoms with E-state index in [0.717, 1.165) is 0 Å². The van der Waals surface area contributed by atoms with Crippen molar-refractivity contribution >= 4 is 23.2 Å². The number of carbonyl (C=O) groups excluding carboxylic acids is 2. The summed E-state index contributed by atoms with van der Waals surface area (Å²) in [5.74, 6) is -0.612. The number of rotatable bonds is 0. The summed E-state index contributed by atoms with van der Waals surface area (Å²) in [6.45, 7) is 3.42. The molecule has 2 nitrogen and oxygen atoms in total. The molecule has 0 radical (unpaired) electrons. The average molecular weight is 193 g/mol. The van der Waals surface area contributed by atoms with Crippen LogP contribution in [0.15, 0.2) is 30.4 Å². The van der Waals surface area contributed by atoms with Gasteiger partial charge in [-0.05, 0) is 18.2 Å². The van der Waals surface area contributed by atoms with Crippen LogP contribution in [0.1, 0.15) is 20.7 Å². The van der Waals surface area contributed by atoms with Gasteiger partial charge in [0, 0.05) is 16.1 Å². The first-order valence-corrected chi connectivity index (χ1v) is 4.07. The number of carbonyl (C=O) groups is 2. The van der Waals surface area contributed by atoms with Crippen molar-refractivity contribution in [1.82, 2.24) is 0 Å². The topological polar surface area (TPSA) is 34.1 Å². The minimum atomic E-state index is -0.317. The maximum Gasteiger partial charge on any atom is 0.197 e. The van der Waals surface area contributed by atoms with Gasteiger partial charge in [-0.3, -0.25) is 9.59 Å². The fourth-order valence-corrected chi connectivity index (χ4v) is 1.50. The second-order valence-electron chi connectivity index (χ2n) is 2.83. The van der Waals surface area contributed by atoms with Crippen LogP contribution in [-0.2, 0) is 0 Å². The van der Waals surface area contributed by atoms with Crippen LogP contribution in [0.5, 0.6) is 0 Å². The molecule has 0 aliphatic heterocycles. The summed E-state index contributed by atoms with van der Waals surface area (Å²) in [4.78, 5) is 22.7. The first kappa shape index (κ1) is 8.20. The number of benzene rings is 1. The Morgan fingerprint density at radius 3 is 2.38 bits per heavy atom. The first-order valence-electron chi connectivity index (χ1n) is 3.69. The summed E-state index contributed by atoms with van der Waals surface area (Å²) in [5, 5.41) is 0.453. The van der Waals surface area contributed by atoms with Crippen molar-refractivity contribution in [2.75, 3.05) is 0 Å². The SMILES string of the molecule is C=C1C(=O)c2ccc(Cl)cc2C1=O. The van der Waals surface area contributed by atoms with Gasteiger partial charge >= 0.3 is 0 Å². The van der Waals surface area contributed by atoms with E-state index in [2.05, 4.69) is 6.58 Å². The minimum Gasteiger partial charge on any atom is -0.288 e. The number of hydrogen-bond donors (Lipinski definition) is 0. The predicted molar refractivity (Wildman–Crippen MR) is 49.3 cm³/mol. The van der Waals surface area contributed by atoms with Crippen LogP contribution < -0.4 is 0 Å². The maximum atomic E-state index is 11.4.